The lowest BCUT2D eigenvalue weighted by Crippen LogP contribution is -2.25. The molecule has 5 aromatic heterocycles. The Morgan fingerprint density at radius 3 is 2.83 bits per heavy atom. The minimum Gasteiger partial charge on any atom is -0.450 e. The highest BCUT2D eigenvalue weighted by molar-refractivity contribution is 5.84. The first-order valence-electron chi connectivity index (χ1n) is 11.1. The monoisotopic (exact) mass is 491 g/mol. The summed E-state index contributed by atoms with van der Waals surface area (Å²) in [6.45, 7) is 0.421. The van der Waals surface area contributed by atoms with E-state index in [4.69, 9.17) is 4.74 Å². The Morgan fingerprint density at radius 2 is 2.06 bits per heavy atom. The van der Waals surface area contributed by atoms with Gasteiger partial charge in [0.15, 0.2) is 34.3 Å². The zero-order valence-corrected chi connectivity index (χ0v) is 19.2. The molecule has 14 heteroatoms. The van der Waals surface area contributed by atoms with Gasteiger partial charge in [0.25, 0.3) is 5.92 Å². The number of nitrogens with zero attached hydrogens (tertiary/aromatic N) is 9. The number of aryl methyl sites for hydroxylation is 2. The van der Waals surface area contributed by atoms with Crippen LogP contribution in [0.2, 0.25) is 0 Å². The van der Waals surface area contributed by atoms with Crippen molar-refractivity contribution in [1.82, 2.24) is 38.9 Å². The van der Waals surface area contributed by atoms with E-state index in [0.29, 0.717) is 41.5 Å². The third-order valence-corrected chi connectivity index (χ3v) is 6.09. The number of nitriles is 1. The smallest absolute Gasteiger partial charge is 0.289 e. The van der Waals surface area contributed by atoms with Crippen molar-refractivity contribution in [3.8, 4) is 17.6 Å². The summed E-state index contributed by atoms with van der Waals surface area (Å²) in [4.78, 5) is 13.1. The number of ether oxygens (including phenoxy) is 1. The van der Waals surface area contributed by atoms with Crippen molar-refractivity contribution in [3.63, 3.8) is 0 Å². The molecule has 12 nitrogen and oxygen atoms in total. The molecule has 6 heterocycles. The van der Waals surface area contributed by atoms with Crippen LogP contribution in [0.4, 0.5) is 26.4 Å². The van der Waals surface area contributed by atoms with Gasteiger partial charge in [0.2, 0.25) is 5.95 Å². The van der Waals surface area contributed by atoms with Crippen LogP contribution in [0.3, 0.4) is 0 Å². The van der Waals surface area contributed by atoms with E-state index in [2.05, 4.69) is 41.9 Å². The number of aromatic nitrogens is 8. The highest BCUT2D eigenvalue weighted by Gasteiger charge is 2.38. The van der Waals surface area contributed by atoms with Gasteiger partial charge in [0.1, 0.15) is 22.8 Å². The molecule has 0 bridgehead atoms. The van der Waals surface area contributed by atoms with Gasteiger partial charge in [-0.2, -0.15) is 29.2 Å². The molecule has 0 amide bonds. The van der Waals surface area contributed by atoms with Gasteiger partial charge in [0.05, 0.1) is 12.4 Å². The average molecular weight is 491 g/mol. The summed E-state index contributed by atoms with van der Waals surface area (Å²) in [7, 11) is 3.42. The molecule has 0 aromatic carbocycles. The van der Waals surface area contributed by atoms with Gasteiger partial charge in [-0.15, -0.1) is 0 Å². The number of hydrogen-bond acceptors (Lipinski definition) is 9. The Labute approximate surface area is 202 Å². The molecule has 0 spiro atoms. The number of anilines is 3. The van der Waals surface area contributed by atoms with Crippen LogP contribution in [0.15, 0.2) is 30.9 Å². The molecule has 36 heavy (non-hydrogen) atoms. The zero-order chi connectivity index (χ0) is 25.0. The average Bonchev–Trinajstić information content (AvgIpc) is 3.56. The quantitative estimate of drug-likeness (QED) is 0.378. The summed E-state index contributed by atoms with van der Waals surface area (Å²) in [6.07, 6.45) is 6.36. The van der Waals surface area contributed by atoms with Gasteiger partial charge in [-0.25, -0.2) is 14.5 Å². The molecule has 0 aliphatic carbocycles. The van der Waals surface area contributed by atoms with Gasteiger partial charge in [-0.3, -0.25) is 4.68 Å². The van der Waals surface area contributed by atoms with Crippen molar-refractivity contribution in [2.45, 2.75) is 25.3 Å². The van der Waals surface area contributed by atoms with Crippen LogP contribution in [0.5, 0.6) is 11.5 Å². The minimum absolute atomic E-state index is 0.134. The normalized spacial score (nSPS) is 14.5. The SMILES string of the molecule is CNc1nccn2ncc(Oc3cnc4nc(Nc5cc6n(n5)CCCC6(F)F)n(C)c4c3C#N)c12. The lowest BCUT2D eigenvalue weighted by Gasteiger charge is -2.22. The summed E-state index contributed by atoms with van der Waals surface area (Å²) < 4.78 is 39.1. The van der Waals surface area contributed by atoms with Crippen molar-refractivity contribution in [3.05, 3.63) is 42.1 Å². The molecule has 182 valence electrons. The number of rotatable bonds is 5. The maximum absolute atomic E-state index is 14.3. The predicted molar refractivity (Wildman–Crippen MR) is 124 cm³/mol. The summed E-state index contributed by atoms with van der Waals surface area (Å²) >= 11 is 0. The van der Waals surface area contributed by atoms with Gasteiger partial charge < -0.3 is 19.9 Å². The van der Waals surface area contributed by atoms with Crippen molar-refractivity contribution in [1.29, 1.82) is 5.26 Å². The van der Waals surface area contributed by atoms with Crippen LogP contribution >= 0.6 is 0 Å². The van der Waals surface area contributed by atoms with E-state index in [1.807, 2.05) is 0 Å². The van der Waals surface area contributed by atoms with Crippen LogP contribution < -0.4 is 15.4 Å². The zero-order valence-electron chi connectivity index (χ0n) is 19.2. The second-order valence-corrected chi connectivity index (χ2v) is 8.28. The molecule has 0 saturated carbocycles. The van der Waals surface area contributed by atoms with Crippen molar-refractivity contribution >= 4 is 34.3 Å². The molecule has 0 saturated heterocycles. The molecule has 2 N–H and O–H groups in total. The van der Waals surface area contributed by atoms with E-state index < -0.39 is 5.92 Å². The van der Waals surface area contributed by atoms with Crippen molar-refractivity contribution in [2.75, 3.05) is 17.7 Å². The number of halogens is 2. The van der Waals surface area contributed by atoms with Crippen LogP contribution in [0.25, 0.3) is 16.7 Å². The summed E-state index contributed by atoms with van der Waals surface area (Å²) in [5.74, 6) is -1.26. The van der Waals surface area contributed by atoms with E-state index in [1.54, 1.807) is 35.6 Å². The van der Waals surface area contributed by atoms with E-state index in [0.717, 1.165) is 0 Å². The number of hydrogen-bond donors (Lipinski definition) is 2. The Hall–Kier alpha value is -4.80. The van der Waals surface area contributed by atoms with Crippen LogP contribution in [-0.2, 0) is 19.5 Å². The third kappa shape index (κ3) is 3.28. The first-order valence-corrected chi connectivity index (χ1v) is 11.1. The van der Waals surface area contributed by atoms with E-state index in [9.17, 15) is 14.0 Å². The second kappa shape index (κ2) is 7.87. The van der Waals surface area contributed by atoms with E-state index >= 15 is 0 Å². The highest BCUT2D eigenvalue weighted by atomic mass is 19.3. The van der Waals surface area contributed by atoms with Crippen LogP contribution in [0.1, 0.15) is 24.1 Å². The maximum Gasteiger partial charge on any atom is 0.289 e. The molecular weight excluding hydrogens is 472 g/mol. The number of fused-ring (bicyclic) bond motifs is 3. The Morgan fingerprint density at radius 1 is 1.19 bits per heavy atom. The summed E-state index contributed by atoms with van der Waals surface area (Å²) in [5.41, 5.74) is 1.36. The second-order valence-electron chi connectivity index (χ2n) is 8.28. The van der Waals surface area contributed by atoms with Gasteiger partial charge in [-0.1, -0.05) is 0 Å². The minimum atomic E-state index is -2.93. The molecule has 0 unspecified atom stereocenters. The van der Waals surface area contributed by atoms with Crippen molar-refractivity contribution < 1.29 is 13.5 Å². The summed E-state index contributed by atoms with van der Waals surface area (Å²) in [6, 6.07) is 3.49. The standard InChI is InChI=1S/C22H19F2N11O/c1-26-19-18-14(11-29-35(18)7-5-27-19)36-13-10-28-20-17(12(13)9-25)33(2)21(31-20)30-16-8-15-22(23,24)4-3-6-34(15)32-16/h5,7-8,10-11H,3-4,6H2,1-2H3,(H,26,27)(H,28,30,31,32). The fourth-order valence-electron chi connectivity index (χ4n) is 4.38. The fourth-order valence-corrected chi connectivity index (χ4v) is 4.38. The van der Waals surface area contributed by atoms with Crippen LogP contribution in [-0.4, -0.2) is 46.0 Å². The predicted octanol–water partition coefficient (Wildman–Crippen LogP) is 3.54. The fraction of sp³-hybridized carbons (Fsp3) is 0.273. The van der Waals surface area contributed by atoms with E-state index in [1.165, 1.54) is 23.1 Å². The molecule has 1 aliphatic heterocycles. The van der Waals surface area contributed by atoms with Gasteiger partial charge in [0, 0.05) is 45.5 Å². The van der Waals surface area contributed by atoms with E-state index in [-0.39, 0.29) is 34.9 Å². The number of pyridine rings is 1. The number of imidazole rings is 1. The maximum atomic E-state index is 14.3. The van der Waals surface area contributed by atoms with Gasteiger partial charge in [-0.05, 0) is 6.42 Å². The highest BCUT2D eigenvalue weighted by Crippen LogP contribution is 2.39. The molecule has 0 atom stereocenters. The molecule has 5 aromatic rings. The molecule has 0 radical (unpaired) electrons. The largest absolute Gasteiger partial charge is 0.450 e. The Balaban J connectivity index is 1.38. The lowest BCUT2D eigenvalue weighted by molar-refractivity contribution is -0.0364. The Bertz CT molecular complexity index is 1680. The van der Waals surface area contributed by atoms with Crippen LogP contribution in [0, 0.1) is 11.3 Å². The molecular formula is C22H19F2N11O. The first kappa shape index (κ1) is 21.7. The summed E-state index contributed by atoms with van der Waals surface area (Å²) in [5, 5.41) is 24.5. The third-order valence-electron chi connectivity index (χ3n) is 6.09. The van der Waals surface area contributed by atoms with Crippen molar-refractivity contribution in [2.24, 2.45) is 7.05 Å². The first-order chi connectivity index (χ1) is 17.4. The Kier molecular flexibility index (Phi) is 4.75. The number of alkyl halides is 2. The molecule has 6 rings (SSSR count). The topological polar surface area (TPSA) is 136 Å². The molecule has 0 fully saturated rings. The molecule has 1 aliphatic rings. The lowest BCUT2D eigenvalue weighted by atomic mass is 10.1. The number of nitrogens with one attached hydrogen (secondary N) is 2. The van der Waals surface area contributed by atoms with Gasteiger partial charge >= 0.3 is 0 Å².